The Hall–Kier alpha value is -1.95. The van der Waals surface area contributed by atoms with Crippen LogP contribution in [0.3, 0.4) is 0 Å². The number of halogens is 1. The number of carbonyl (C=O) groups is 2. The Bertz CT molecular complexity index is 540. The first-order valence-electron chi connectivity index (χ1n) is 6.79. The van der Waals surface area contributed by atoms with E-state index < -0.39 is 23.2 Å². The Labute approximate surface area is 122 Å². The van der Waals surface area contributed by atoms with Crippen molar-refractivity contribution in [1.82, 2.24) is 5.32 Å². The molecule has 1 saturated heterocycles. The molecule has 1 heterocycles. The molecule has 1 amide bonds. The van der Waals surface area contributed by atoms with Crippen LogP contribution in [0.25, 0.3) is 0 Å². The number of ether oxygens (including phenoxy) is 1. The second-order valence-corrected chi connectivity index (χ2v) is 5.42. The molecule has 1 aromatic rings. The van der Waals surface area contributed by atoms with E-state index in [4.69, 9.17) is 9.84 Å². The molecule has 114 valence electrons. The highest BCUT2D eigenvalue weighted by molar-refractivity contribution is 5.84. The van der Waals surface area contributed by atoms with E-state index >= 15 is 0 Å². The maximum absolute atomic E-state index is 13.2. The number of amides is 1. The van der Waals surface area contributed by atoms with Crippen molar-refractivity contribution in [2.24, 2.45) is 0 Å². The lowest BCUT2D eigenvalue weighted by atomic mass is 9.92. The molecule has 21 heavy (non-hydrogen) atoms. The molecular weight excluding hydrogens is 277 g/mol. The molecular formula is C15H18FNO4. The van der Waals surface area contributed by atoms with Crippen LogP contribution in [0.15, 0.2) is 24.3 Å². The van der Waals surface area contributed by atoms with E-state index in [9.17, 15) is 14.0 Å². The summed E-state index contributed by atoms with van der Waals surface area (Å²) in [7, 11) is 0. The minimum Gasteiger partial charge on any atom is -0.481 e. The van der Waals surface area contributed by atoms with Crippen LogP contribution in [0.2, 0.25) is 0 Å². The zero-order valence-electron chi connectivity index (χ0n) is 11.8. The molecule has 1 aromatic carbocycles. The van der Waals surface area contributed by atoms with Gasteiger partial charge in [-0.3, -0.25) is 9.59 Å². The summed E-state index contributed by atoms with van der Waals surface area (Å²) in [6.07, 6.45) is 0.273. The van der Waals surface area contributed by atoms with Gasteiger partial charge in [0, 0.05) is 6.61 Å². The number of carboxylic acid groups (broad SMARTS) is 1. The molecule has 2 unspecified atom stereocenters. The highest BCUT2D eigenvalue weighted by Gasteiger charge is 2.39. The first-order chi connectivity index (χ1) is 9.92. The average Bonchev–Trinajstić information content (AvgIpc) is 2.85. The molecule has 0 saturated carbocycles. The molecule has 1 aliphatic heterocycles. The van der Waals surface area contributed by atoms with E-state index in [1.807, 2.05) is 0 Å². The molecule has 0 bridgehead atoms. The van der Waals surface area contributed by atoms with Gasteiger partial charge in [-0.05, 0) is 31.0 Å². The second-order valence-electron chi connectivity index (χ2n) is 5.42. The van der Waals surface area contributed by atoms with Gasteiger partial charge in [0.1, 0.15) is 5.82 Å². The number of carboxylic acids is 1. The molecule has 2 N–H and O–H groups in total. The van der Waals surface area contributed by atoms with Gasteiger partial charge in [0.25, 0.3) is 0 Å². The third kappa shape index (κ3) is 3.78. The molecule has 2 rings (SSSR count). The van der Waals surface area contributed by atoms with Crippen molar-refractivity contribution in [3.05, 3.63) is 35.6 Å². The number of rotatable bonds is 5. The minimum atomic E-state index is -0.987. The zero-order valence-corrected chi connectivity index (χ0v) is 11.8. The lowest BCUT2D eigenvalue weighted by Crippen LogP contribution is -2.51. The minimum absolute atomic E-state index is 0.181. The molecule has 2 atom stereocenters. The van der Waals surface area contributed by atoms with Crippen molar-refractivity contribution in [1.29, 1.82) is 0 Å². The third-order valence-electron chi connectivity index (χ3n) is 3.72. The lowest BCUT2D eigenvalue weighted by Gasteiger charge is -2.28. The van der Waals surface area contributed by atoms with Crippen LogP contribution in [-0.2, 0) is 14.3 Å². The lowest BCUT2D eigenvalue weighted by molar-refractivity contribution is -0.139. The Balaban J connectivity index is 2.10. The van der Waals surface area contributed by atoms with Crippen LogP contribution in [0.1, 0.15) is 31.2 Å². The van der Waals surface area contributed by atoms with Crippen molar-refractivity contribution < 1.29 is 23.8 Å². The fourth-order valence-corrected chi connectivity index (χ4v) is 2.48. The molecule has 6 heteroatoms. The topological polar surface area (TPSA) is 75.6 Å². The van der Waals surface area contributed by atoms with Crippen LogP contribution >= 0.6 is 0 Å². The van der Waals surface area contributed by atoms with Gasteiger partial charge in [-0.15, -0.1) is 0 Å². The highest BCUT2D eigenvalue weighted by Crippen LogP contribution is 2.25. The van der Waals surface area contributed by atoms with Crippen molar-refractivity contribution >= 4 is 11.9 Å². The van der Waals surface area contributed by atoms with Crippen molar-refractivity contribution in [2.75, 3.05) is 13.2 Å². The van der Waals surface area contributed by atoms with E-state index in [2.05, 4.69) is 5.32 Å². The van der Waals surface area contributed by atoms with Gasteiger partial charge in [-0.1, -0.05) is 12.1 Å². The average molecular weight is 295 g/mol. The first-order valence-corrected chi connectivity index (χ1v) is 6.79. The number of carbonyl (C=O) groups excluding carboxylic acids is 1. The largest absolute Gasteiger partial charge is 0.481 e. The van der Waals surface area contributed by atoms with E-state index in [0.29, 0.717) is 18.6 Å². The van der Waals surface area contributed by atoms with Gasteiger partial charge >= 0.3 is 5.97 Å². The third-order valence-corrected chi connectivity index (χ3v) is 3.72. The Morgan fingerprint density at radius 2 is 2.29 bits per heavy atom. The second kappa shape index (κ2) is 6.22. The molecule has 0 aliphatic carbocycles. The van der Waals surface area contributed by atoms with E-state index in [1.165, 1.54) is 12.1 Å². The fourth-order valence-electron chi connectivity index (χ4n) is 2.48. The monoisotopic (exact) mass is 295 g/mol. The SMILES string of the molecule is CC(C(=O)NC1(CC(=O)O)CCOC1)c1cccc(F)c1. The smallest absolute Gasteiger partial charge is 0.305 e. The summed E-state index contributed by atoms with van der Waals surface area (Å²) >= 11 is 0. The van der Waals surface area contributed by atoms with Gasteiger partial charge < -0.3 is 15.2 Å². The predicted octanol–water partition coefficient (Wildman–Crippen LogP) is 1.68. The molecule has 5 nitrogen and oxygen atoms in total. The van der Waals surface area contributed by atoms with Crippen LogP contribution < -0.4 is 5.32 Å². The van der Waals surface area contributed by atoms with Gasteiger partial charge in [-0.25, -0.2) is 4.39 Å². The summed E-state index contributed by atoms with van der Waals surface area (Å²) in [5.74, 6) is -2.28. The van der Waals surface area contributed by atoms with E-state index in [0.717, 1.165) is 0 Å². The van der Waals surface area contributed by atoms with Crippen LogP contribution in [0, 0.1) is 5.82 Å². The van der Waals surface area contributed by atoms with Crippen molar-refractivity contribution in [3.8, 4) is 0 Å². The number of nitrogens with one attached hydrogen (secondary N) is 1. The predicted molar refractivity (Wildman–Crippen MR) is 73.4 cm³/mol. The van der Waals surface area contributed by atoms with Crippen molar-refractivity contribution in [2.45, 2.75) is 31.2 Å². The van der Waals surface area contributed by atoms with Gasteiger partial charge in [0.15, 0.2) is 0 Å². The maximum Gasteiger partial charge on any atom is 0.305 e. The summed E-state index contributed by atoms with van der Waals surface area (Å²) in [5.41, 5.74) is -0.318. The Kier molecular flexibility index (Phi) is 4.57. The Morgan fingerprint density at radius 1 is 1.52 bits per heavy atom. The van der Waals surface area contributed by atoms with Crippen molar-refractivity contribution in [3.63, 3.8) is 0 Å². The van der Waals surface area contributed by atoms with Gasteiger partial charge in [-0.2, -0.15) is 0 Å². The first kappa shape index (κ1) is 15.4. The summed E-state index contributed by atoms with van der Waals surface area (Å²) in [5, 5.41) is 11.8. The summed E-state index contributed by atoms with van der Waals surface area (Å²) in [6, 6.07) is 5.83. The van der Waals surface area contributed by atoms with E-state index in [1.54, 1.807) is 19.1 Å². The fraction of sp³-hybridized carbons (Fsp3) is 0.467. The highest BCUT2D eigenvalue weighted by atomic mass is 19.1. The maximum atomic E-state index is 13.2. The number of hydrogen-bond donors (Lipinski definition) is 2. The summed E-state index contributed by atoms with van der Waals surface area (Å²) < 4.78 is 18.4. The summed E-state index contributed by atoms with van der Waals surface area (Å²) in [4.78, 5) is 23.3. The number of benzene rings is 1. The van der Waals surface area contributed by atoms with Crippen LogP contribution in [0.4, 0.5) is 4.39 Å². The molecule has 0 radical (unpaired) electrons. The quantitative estimate of drug-likeness (QED) is 0.866. The molecule has 0 aromatic heterocycles. The van der Waals surface area contributed by atoms with Gasteiger partial charge in [0.05, 0.1) is 24.5 Å². The van der Waals surface area contributed by atoms with Gasteiger partial charge in [0.2, 0.25) is 5.91 Å². The summed E-state index contributed by atoms with van der Waals surface area (Å²) in [6.45, 7) is 2.26. The number of hydrogen-bond acceptors (Lipinski definition) is 3. The normalized spacial score (nSPS) is 22.8. The molecule has 0 spiro atoms. The zero-order chi connectivity index (χ0) is 15.5. The molecule has 1 aliphatic rings. The standard InChI is InChI=1S/C15H18FNO4/c1-10(11-3-2-4-12(16)7-11)14(20)17-15(8-13(18)19)5-6-21-9-15/h2-4,7,10H,5-6,8-9H2,1H3,(H,17,20)(H,18,19). The van der Waals surface area contributed by atoms with Crippen LogP contribution in [0.5, 0.6) is 0 Å². The van der Waals surface area contributed by atoms with Crippen LogP contribution in [-0.4, -0.2) is 35.7 Å². The Morgan fingerprint density at radius 3 is 2.86 bits per heavy atom. The number of aliphatic carboxylic acids is 1. The molecule has 1 fully saturated rings. The van der Waals surface area contributed by atoms with E-state index in [-0.39, 0.29) is 18.9 Å².